The molecule has 0 radical (unpaired) electrons. The van der Waals surface area contributed by atoms with Gasteiger partial charge in [0.15, 0.2) is 0 Å². The Morgan fingerprint density at radius 3 is 2.25 bits per heavy atom. The summed E-state index contributed by atoms with van der Waals surface area (Å²) in [5.41, 5.74) is 1.83. The zero-order valence-corrected chi connectivity index (χ0v) is 8.34. The Bertz CT molecular complexity index is 274. The van der Waals surface area contributed by atoms with E-state index in [9.17, 15) is 5.11 Å². The third kappa shape index (κ3) is 1.41. The molecule has 0 aromatic heterocycles. The monoisotopic (exact) mass is 226 g/mol. The van der Waals surface area contributed by atoms with Crippen LogP contribution in [0.4, 0.5) is 0 Å². The van der Waals surface area contributed by atoms with Crippen molar-refractivity contribution in [2.24, 2.45) is 0 Å². The summed E-state index contributed by atoms with van der Waals surface area (Å²) in [5.74, 6) is 0. The van der Waals surface area contributed by atoms with E-state index in [0.717, 1.165) is 23.7 Å². The smallest absolute Gasteiger partial charge is 0.0899 e. The minimum Gasteiger partial charge on any atom is -0.385 e. The average Bonchev–Trinajstić information content (AvgIpc) is 2.85. The van der Waals surface area contributed by atoms with Crippen LogP contribution in [0.25, 0.3) is 0 Å². The highest BCUT2D eigenvalue weighted by Gasteiger charge is 2.41. The summed E-state index contributed by atoms with van der Waals surface area (Å²) in [5, 5.41) is 10.6. The number of hydrogen-bond acceptors (Lipinski definition) is 1. The first-order chi connectivity index (χ1) is 5.74. The topological polar surface area (TPSA) is 20.2 Å². The molecule has 2 heteroatoms. The Balaban J connectivity index is 2.25. The van der Waals surface area contributed by atoms with Crippen LogP contribution in [-0.4, -0.2) is 5.11 Å². The Labute approximate surface area is 80.5 Å². The lowest BCUT2D eigenvalue weighted by Crippen LogP contribution is -2.03. The van der Waals surface area contributed by atoms with Crippen LogP contribution in [0.3, 0.4) is 0 Å². The Hall–Kier alpha value is -0.340. The normalized spacial score (nSPS) is 19.2. The average molecular weight is 227 g/mol. The van der Waals surface area contributed by atoms with Gasteiger partial charge in [-0.3, -0.25) is 0 Å². The van der Waals surface area contributed by atoms with E-state index in [1.54, 1.807) is 0 Å². The molecule has 0 atom stereocenters. The molecular formula is C10H11BrO. The van der Waals surface area contributed by atoms with Gasteiger partial charge < -0.3 is 5.11 Å². The van der Waals surface area contributed by atoms with Crippen molar-refractivity contribution in [3.63, 3.8) is 0 Å². The van der Waals surface area contributed by atoms with Gasteiger partial charge in [0.2, 0.25) is 0 Å². The van der Waals surface area contributed by atoms with Crippen LogP contribution in [0.1, 0.15) is 24.0 Å². The lowest BCUT2D eigenvalue weighted by atomic mass is 10.1. The van der Waals surface area contributed by atoms with Crippen molar-refractivity contribution < 1.29 is 5.11 Å². The SMILES string of the molecule is OC1(c2ccc(CBr)cc2)CC1. The van der Waals surface area contributed by atoms with Gasteiger partial charge in [0.1, 0.15) is 0 Å². The van der Waals surface area contributed by atoms with Gasteiger partial charge in [-0.05, 0) is 24.0 Å². The van der Waals surface area contributed by atoms with Crippen LogP contribution in [0.5, 0.6) is 0 Å². The van der Waals surface area contributed by atoms with Crippen LogP contribution >= 0.6 is 15.9 Å². The molecule has 1 aliphatic rings. The molecule has 1 saturated carbocycles. The minimum absolute atomic E-state index is 0.481. The molecule has 0 spiro atoms. The number of hydrogen-bond donors (Lipinski definition) is 1. The Kier molecular flexibility index (Phi) is 1.97. The molecule has 12 heavy (non-hydrogen) atoms. The van der Waals surface area contributed by atoms with Crippen molar-refractivity contribution in [2.75, 3.05) is 0 Å². The number of rotatable bonds is 2. The fourth-order valence-electron chi connectivity index (χ4n) is 1.31. The molecule has 64 valence electrons. The molecule has 0 aliphatic heterocycles. The summed E-state index contributed by atoms with van der Waals surface area (Å²) in [6.07, 6.45) is 1.83. The second-order valence-corrected chi connectivity index (χ2v) is 3.92. The highest BCUT2D eigenvalue weighted by atomic mass is 79.9. The quantitative estimate of drug-likeness (QED) is 0.770. The fraction of sp³-hybridized carbons (Fsp3) is 0.400. The molecule has 1 aliphatic carbocycles. The summed E-state index contributed by atoms with van der Waals surface area (Å²) in [7, 11) is 0. The van der Waals surface area contributed by atoms with E-state index >= 15 is 0 Å². The molecule has 0 amide bonds. The van der Waals surface area contributed by atoms with Gasteiger partial charge in [0.05, 0.1) is 5.60 Å². The number of halogens is 1. The van der Waals surface area contributed by atoms with Gasteiger partial charge in [-0.2, -0.15) is 0 Å². The largest absolute Gasteiger partial charge is 0.385 e. The van der Waals surface area contributed by atoms with E-state index < -0.39 is 5.60 Å². The number of aliphatic hydroxyl groups is 1. The van der Waals surface area contributed by atoms with E-state index in [-0.39, 0.29) is 0 Å². The summed E-state index contributed by atoms with van der Waals surface area (Å²) in [4.78, 5) is 0. The standard InChI is InChI=1S/C10H11BrO/c11-7-8-1-3-9(4-2-8)10(12)5-6-10/h1-4,12H,5-7H2. The first-order valence-corrected chi connectivity index (χ1v) is 5.24. The first kappa shape index (κ1) is 8.27. The zero-order chi connectivity index (χ0) is 8.60. The van der Waals surface area contributed by atoms with Crippen LogP contribution in [0.15, 0.2) is 24.3 Å². The molecule has 0 bridgehead atoms. The summed E-state index contributed by atoms with van der Waals surface area (Å²) >= 11 is 3.39. The van der Waals surface area contributed by atoms with Crippen LogP contribution in [0.2, 0.25) is 0 Å². The fourth-order valence-corrected chi connectivity index (χ4v) is 1.68. The second kappa shape index (κ2) is 2.86. The van der Waals surface area contributed by atoms with Gasteiger partial charge in [0, 0.05) is 5.33 Å². The van der Waals surface area contributed by atoms with Crippen molar-refractivity contribution >= 4 is 15.9 Å². The van der Waals surface area contributed by atoms with Gasteiger partial charge in [-0.25, -0.2) is 0 Å². The van der Waals surface area contributed by atoms with Crippen molar-refractivity contribution in [2.45, 2.75) is 23.8 Å². The van der Waals surface area contributed by atoms with Gasteiger partial charge in [-0.15, -0.1) is 0 Å². The third-order valence-electron chi connectivity index (χ3n) is 2.37. The van der Waals surface area contributed by atoms with Crippen LogP contribution in [0, 0.1) is 0 Å². The molecule has 1 aromatic rings. The molecule has 0 unspecified atom stereocenters. The molecule has 1 N–H and O–H groups in total. The Morgan fingerprint density at radius 2 is 1.83 bits per heavy atom. The Morgan fingerprint density at radius 1 is 1.25 bits per heavy atom. The van der Waals surface area contributed by atoms with Crippen molar-refractivity contribution in [3.8, 4) is 0 Å². The second-order valence-electron chi connectivity index (χ2n) is 3.36. The van der Waals surface area contributed by atoms with E-state index in [1.807, 2.05) is 12.1 Å². The molecule has 0 saturated heterocycles. The molecular weight excluding hydrogens is 216 g/mol. The summed E-state index contributed by atoms with van der Waals surface area (Å²) in [6, 6.07) is 8.15. The van der Waals surface area contributed by atoms with Gasteiger partial charge >= 0.3 is 0 Å². The van der Waals surface area contributed by atoms with E-state index in [4.69, 9.17) is 0 Å². The van der Waals surface area contributed by atoms with Crippen LogP contribution < -0.4 is 0 Å². The molecule has 1 fully saturated rings. The van der Waals surface area contributed by atoms with Crippen molar-refractivity contribution in [1.82, 2.24) is 0 Å². The number of alkyl halides is 1. The maximum absolute atomic E-state index is 9.75. The predicted molar refractivity (Wildman–Crippen MR) is 52.2 cm³/mol. The predicted octanol–water partition coefficient (Wildman–Crippen LogP) is 2.56. The summed E-state index contributed by atoms with van der Waals surface area (Å²) < 4.78 is 0. The number of benzene rings is 1. The zero-order valence-electron chi connectivity index (χ0n) is 6.76. The van der Waals surface area contributed by atoms with E-state index in [2.05, 4.69) is 28.1 Å². The van der Waals surface area contributed by atoms with Gasteiger partial charge in [0.25, 0.3) is 0 Å². The molecule has 0 heterocycles. The van der Waals surface area contributed by atoms with Crippen molar-refractivity contribution in [1.29, 1.82) is 0 Å². The van der Waals surface area contributed by atoms with Crippen molar-refractivity contribution in [3.05, 3.63) is 35.4 Å². The van der Waals surface area contributed by atoms with Crippen LogP contribution in [-0.2, 0) is 10.9 Å². The van der Waals surface area contributed by atoms with E-state index in [0.29, 0.717) is 0 Å². The molecule has 2 rings (SSSR count). The van der Waals surface area contributed by atoms with Gasteiger partial charge in [-0.1, -0.05) is 40.2 Å². The van der Waals surface area contributed by atoms with E-state index in [1.165, 1.54) is 5.56 Å². The lowest BCUT2D eigenvalue weighted by molar-refractivity contribution is 0.151. The lowest BCUT2D eigenvalue weighted by Gasteiger charge is -2.07. The highest BCUT2D eigenvalue weighted by molar-refractivity contribution is 9.08. The highest BCUT2D eigenvalue weighted by Crippen LogP contribution is 2.45. The maximum atomic E-state index is 9.75. The summed E-state index contributed by atoms with van der Waals surface area (Å²) in [6.45, 7) is 0. The molecule has 1 nitrogen and oxygen atoms in total. The third-order valence-corrected chi connectivity index (χ3v) is 3.02. The first-order valence-electron chi connectivity index (χ1n) is 4.12. The molecule has 1 aromatic carbocycles. The minimum atomic E-state index is -0.481. The maximum Gasteiger partial charge on any atom is 0.0899 e.